The van der Waals surface area contributed by atoms with Crippen molar-refractivity contribution in [1.29, 1.82) is 0 Å². The lowest BCUT2D eigenvalue weighted by Crippen LogP contribution is -2.36. The number of nitrogens with one attached hydrogen (secondary N) is 2. The summed E-state index contributed by atoms with van der Waals surface area (Å²) in [7, 11) is 0. The lowest BCUT2D eigenvalue weighted by molar-refractivity contribution is -0.117. The van der Waals surface area contributed by atoms with E-state index < -0.39 is 5.54 Å². The van der Waals surface area contributed by atoms with E-state index in [4.69, 9.17) is 5.73 Å². The fourth-order valence-corrected chi connectivity index (χ4v) is 1.77. The standard InChI is InChI=1S/C15H23N3O2/c1-5-17-14(20)11-7-6-10(2)12(8-11)18-13(19)9-15(3,4)16/h6-8H,5,9,16H2,1-4H3,(H,17,20)(H,18,19). The molecule has 4 N–H and O–H groups in total. The molecule has 0 heterocycles. The molecule has 0 aromatic heterocycles. The van der Waals surface area contributed by atoms with Gasteiger partial charge in [0.25, 0.3) is 5.91 Å². The maximum Gasteiger partial charge on any atom is 0.251 e. The van der Waals surface area contributed by atoms with Crippen molar-refractivity contribution >= 4 is 17.5 Å². The molecule has 5 nitrogen and oxygen atoms in total. The van der Waals surface area contributed by atoms with Gasteiger partial charge in [-0.1, -0.05) is 6.07 Å². The van der Waals surface area contributed by atoms with Gasteiger partial charge in [0.05, 0.1) is 0 Å². The predicted octanol–water partition coefficient (Wildman–Crippen LogP) is 1.81. The Morgan fingerprint density at radius 1 is 1.30 bits per heavy atom. The average Bonchev–Trinajstić information content (AvgIpc) is 2.29. The van der Waals surface area contributed by atoms with Crippen molar-refractivity contribution in [2.24, 2.45) is 5.73 Å². The minimum Gasteiger partial charge on any atom is -0.352 e. The fraction of sp³-hybridized carbons (Fsp3) is 0.467. The summed E-state index contributed by atoms with van der Waals surface area (Å²) in [6, 6.07) is 5.23. The third kappa shape index (κ3) is 5.01. The lowest BCUT2D eigenvalue weighted by atomic mass is 10.0. The number of amides is 2. The Balaban J connectivity index is 2.87. The molecule has 2 amide bonds. The van der Waals surface area contributed by atoms with Crippen LogP contribution in [-0.4, -0.2) is 23.9 Å². The Kier molecular flexibility index (Phi) is 5.27. The monoisotopic (exact) mass is 277 g/mol. The van der Waals surface area contributed by atoms with Gasteiger partial charge in [0.1, 0.15) is 0 Å². The van der Waals surface area contributed by atoms with Crippen LogP contribution in [0.5, 0.6) is 0 Å². The summed E-state index contributed by atoms with van der Waals surface area (Å²) in [5, 5.41) is 5.53. The molecule has 0 aliphatic rings. The van der Waals surface area contributed by atoms with E-state index in [1.807, 2.05) is 19.9 Å². The highest BCUT2D eigenvalue weighted by molar-refractivity contribution is 5.97. The van der Waals surface area contributed by atoms with Crippen molar-refractivity contribution < 1.29 is 9.59 Å². The topological polar surface area (TPSA) is 84.2 Å². The Morgan fingerprint density at radius 3 is 2.50 bits per heavy atom. The first kappa shape index (κ1) is 16.2. The molecule has 0 bridgehead atoms. The minimum absolute atomic E-state index is 0.151. The van der Waals surface area contributed by atoms with Crippen LogP contribution in [0.25, 0.3) is 0 Å². The summed E-state index contributed by atoms with van der Waals surface area (Å²) in [5.41, 5.74) is 7.33. The number of nitrogens with two attached hydrogens (primary N) is 1. The normalized spacial score (nSPS) is 11.1. The number of aryl methyl sites for hydroxylation is 1. The van der Waals surface area contributed by atoms with Crippen LogP contribution < -0.4 is 16.4 Å². The van der Waals surface area contributed by atoms with Gasteiger partial charge < -0.3 is 16.4 Å². The highest BCUT2D eigenvalue weighted by atomic mass is 16.2. The van der Waals surface area contributed by atoms with Crippen LogP contribution >= 0.6 is 0 Å². The highest BCUT2D eigenvalue weighted by Gasteiger charge is 2.17. The van der Waals surface area contributed by atoms with Gasteiger partial charge >= 0.3 is 0 Å². The van der Waals surface area contributed by atoms with Crippen LogP contribution in [-0.2, 0) is 4.79 Å². The van der Waals surface area contributed by atoms with Crippen molar-refractivity contribution in [1.82, 2.24) is 5.32 Å². The van der Waals surface area contributed by atoms with Gasteiger partial charge in [-0.3, -0.25) is 9.59 Å². The van der Waals surface area contributed by atoms with Gasteiger partial charge in [-0.2, -0.15) is 0 Å². The molecule has 1 aromatic rings. The maximum absolute atomic E-state index is 11.9. The van der Waals surface area contributed by atoms with E-state index in [1.165, 1.54) is 0 Å². The van der Waals surface area contributed by atoms with Crippen LogP contribution in [0.1, 0.15) is 43.1 Å². The summed E-state index contributed by atoms with van der Waals surface area (Å²) < 4.78 is 0. The first-order valence-corrected chi connectivity index (χ1v) is 6.70. The molecule has 1 rings (SSSR count). The van der Waals surface area contributed by atoms with Crippen LogP contribution in [0.2, 0.25) is 0 Å². The molecule has 0 saturated carbocycles. The number of rotatable bonds is 5. The molecule has 20 heavy (non-hydrogen) atoms. The quantitative estimate of drug-likeness (QED) is 0.767. The summed E-state index contributed by atoms with van der Waals surface area (Å²) in [5.74, 6) is -0.309. The predicted molar refractivity (Wildman–Crippen MR) is 80.7 cm³/mol. The van der Waals surface area contributed by atoms with E-state index >= 15 is 0 Å². The molecule has 0 unspecified atom stereocenters. The number of carbonyl (C=O) groups is 2. The zero-order valence-corrected chi connectivity index (χ0v) is 12.5. The summed E-state index contributed by atoms with van der Waals surface area (Å²) in [6.45, 7) is 7.90. The van der Waals surface area contributed by atoms with Crippen molar-refractivity contribution in [2.45, 2.75) is 39.7 Å². The van der Waals surface area contributed by atoms with Gasteiger partial charge in [-0.15, -0.1) is 0 Å². The summed E-state index contributed by atoms with van der Waals surface area (Å²) >= 11 is 0. The molecule has 0 spiro atoms. The van der Waals surface area contributed by atoms with Crippen LogP contribution in [0.3, 0.4) is 0 Å². The molecule has 1 aromatic carbocycles. The zero-order chi connectivity index (χ0) is 15.3. The largest absolute Gasteiger partial charge is 0.352 e. The third-order valence-electron chi connectivity index (χ3n) is 2.73. The SMILES string of the molecule is CCNC(=O)c1ccc(C)c(NC(=O)CC(C)(C)N)c1. The molecular formula is C15H23N3O2. The van der Waals surface area contributed by atoms with E-state index in [0.29, 0.717) is 17.8 Å². The van der Waals surface area contributed by atoms with E-state index in [-0.39, 0.29) is 18.2 Å². The third-order valence-corrected chi connectivity index (χ3v) is 2.73. The number of carbonyl (C=O) groups excluding carboxylic acids is 2. The molecule has 0 fully saturated rings. The van der Waals surface area contributed by atoms with Gasteiger partial charge in [0.2, 0.25) is 5.91 Å². The number of hydrogen-bond donors (Lipinski definition) is 3. The minimum atomic E-state index is -0.560. The molecule has 110 valence electrons. The van der Waals surface area contributed by atoms with Gasteiger partial charge in [-0.05, 0) is 45.4 Å². The van der Waals surface area contributed by atoms with Crippen molar-refractivity contribution in [2.75, 3.05) is 11.9 Å². The Bertz CT molecular complexity index is 504. The van der Waals surface area contributed by atoms with E-state index in [2.05, 4.69) is 10.6 Å². The number of benzene rings is 1. The van der Waals surface area contributed by atoms with Crippen LogP contribution in [0, 0.1) is 6.92 Å². The second kappa shape index (κ2) is 6.52. The molecular weight excluding hydrogens is 254 g/mol. The highest BCUT2D eigenvalue weighted by Crippen LogP contribution is 2.18. The molecule has 5 heteroatoms. The molecule has 0 saturated heterocycles. The molecule has 0 atom stereocenters. The Hall–Kier alpha value is -1.88. The maximum atomic E-state index is 11.9. The average molecular weight is 277 g/mol. The first-order chi connectivity index (χ1) is 9.23. The summed E-state index contributed by atoms with van der Waals surface area (Å²) in [4.78, 5) is 23.7. The second-order valence-electron chi connectivity index (χ2n) is 5.60. The van der Waals surface area contributed by atoms with Crippen molar-refractivity contribution in [3.05, 3.63) is 29.3 Å². The molecule has 0 aliphatic carbocycles. The fourth-order valence-electron chi connectivity index (χ4n) is 1.77. The van der Waals surface area contributed by atoms with Crippen molar-refractivity contribution in [3.8, 4) is 0 Å². The van der Waals surface area contributed by atoms with E-state index in [1.54, 1.807) is 26.0 Å². The molecule has 0 radical (unpaired) electrons. The van der Waals surface area contributed by atoms with Crippen LogP contribution in [0.4, 0.5) is 5.69 Å². The van der Waals surface area contributed by atoms with Gasteiger partial charge in [-0.25, -0.2) is 0 Å². The Labute approximate surface area is 119 Å². The van der Waals surface area contributed by atoms with Gasteiger partial charge in [0, 0.05) is 29.8 Å². The number of anilines is 1. The lowest BCUT2D eigenvalue weighted by Gasteiger charge is -2.18. The van der Waals surface area contributed by atoms with Crippen LogP contribution in [0.15, 0.2) is 18.2 Å². The van der Waals surface area contributed by atoms with Gasteiger partial charge in [0.15, 0.2) is 0 Å². The van der Waals surface area contributed by atoms with E-state index in [0.717, 1.165) is 5.56 Å². The second-order valence-corrected chi connectivity index (χ2v) is 5.60. The van der Waals surface area contributed by atoms with Crippen molar-refractivity contribution in [3.63, 3.8) is 0 Å². The number of hydrogen-bond acceptors (Lipinski definition) is 3. The first-order valence-electron chi connectivity index (χ1n) is 6.70. The molecule has 0 aliphatic heterocycles. The Morgan fingerprint density at radius 2 is 1.95 bits per heavy atom. The summed E-state index contributed by atoms with van der Waals surface area (Å²) in [6.07, 6.45) is 0.220. The van der Waals surface area contributed by atoms with E-state index in [9.17, 15) is 9.59 Å². The smallest absolute Gasteiger partial charge is 0.251 e. The zero-order valence-electron chi connectivity index (χ0n) is 12.5.